The number of anilines is 1. The smallest absolute Gasteiger partial charge is 0.262 e. The Kier molecular flexibility index (Phi) is 6.04. The lowest BCUT2D eigenvalue weighted by Gasteiger charge is -2.26. The van der Waals surface area contributed by atoms with Gasteiger partial charge in [0.25, 0.3) is 10.0 Å². The molecule has 0 saturated heterocycles. The number of rotatable bonds is 5. The number of hydrogen-bond donors (Lipinski definition) is 0. The van der Waals surface area contributed by atoms with Crippen molar-refractivity contribution in [2.75, 3.05) is 4.31 Å². The largest absolute Gasteiger partial charge is 0.264 e. The summed E-state index contributed by atoms with van der Waals surface area (Å²) in [6, 6.07) is 17.7. The maximum Gasteiger partial charge on any atom is 0.264 e. The van der Waals surface area contributed by atoms with E-state index in [1.165, 1.54) is 4.31 Å². The van der Waals surface area contributed by atoms with E-state index in [2.05, 4.69) is 0 Å². The van der Waals surface area contributed by atoms with Crippen molar-refractivity contribution in [1.29, 1.82) is 0 Å². The van der Waals surface area contributed by atoms with Gasteiger partial charge in [-0.1, -0.05) is 53.0 Å². The molecular formula is C22H21Cl2NO2S. The zero-order chi connectivity index (χ0) is 20.5. The van der Waals surface area contributed by atoms with Gasteiger partial charge in [0, 0.05) is 15.6 Å². The molecule has 0 heterocycles. The van der Waals surface area contributed by atoms with E-state index in [0.717, 1.165) is 16.7 Å². The zero-order valence-corrected chi connectivity index (χ0v) is 18.2. The van der Waals surface area contributed by atoms with Crippen molar-refractivity contribution in [1.82, 2.24) is 0 Å². The van der Waals surface area contributed by atoms with Gasteiger partial charge in [-0.15, -0.1) is 0 Å². The van der Waals surface area contributed by atoms with Crippen LogP contribution in [0.1, 0.15) is 22.3 Å². The van der Waals surface area contributed by atoms with Crippen molar-refractivity contribution in [2.45, 2.75) is 32.2 Å². The van der Waals surface area contributed by atoms with Gasteiger partial charge in [0.1, 0.15) is 0 Å². The summed E-state index contributed by atoms with van der Waals surface area (Å²) in [7, 11) is -3.82. The lowest BCUT2D eigenvalue weighted by Crippen LogP contribution is -2.31. The van der Waals surface area contributed by atoms with Crippen LogP contribution in [0.25, 0.3) is 0 Å². The highest BCUT2D eigenvalue weighted by molar-refractivity contribution is 7.92. The van der Waals surface area contributed by atoms with Gasteiger partial charge in [0.05, 0.1) is 17.1 Å². The first-order chi connectivity index (χ1) is 13.2. The number of aryl methyl sites for hydroxylation is 3. The van der Waals surface area contributed by atoms with E-state index < -0.39 is 10.0 Å². The molecule has 0 aliphatic carbocycles. The third-order valence-electron chi connectivity index (χ3n) is 4.47. The van der Waals surface area contributed by atoms with E-state index >= 15 is 0 Å². The Hall–Kier alpha value is -2.01. The fraction of sp³-hybridized carbons (Fsp3) is 0.182. The second-order valence-corrected chi connectivity index (χ2v) is 9.55. The second kappa shape index (κ2) is 8.16. The highest BCUT2D eigenvalue weighted by Gasteiger charge is 2.27. The normalized spacial score (nSPS) is 11.5. The summed E-state index contributed by atoms with van der Waals surface area (Å²) in [6.45, 7) is 5.84. The van der Waals surface area contributed by atoms with Crippen LogP contribution in [-0.4, -0.2) is 8.42 Å². The van der Waals surface area contributed by atoms with Crippen LogP contribution in [0.5, 0.6) is 0 Å². The number of nitrogens with zero attached hydrogens (tertiary/aromatic N) is 1. The Morgan fingerprint density at radius 1 is 0.786 bits per heavy atom. The lowest BCUT2D eigenvalue weighted by molar-refractivity contribution is 0.590. The van der Waals surface area contributed by atoms with Gasteiger partial charge in [0.15, 0.2) is 0 Å². The van der Waals surface area contributed by atoms with Crippen LogP contribution in [0.2, 0.25) is 10.0 Å². The molecule has 0 N–H and O–H groups in total. The van der Waals surface area contributed by atoms with Gasteiger partial charge in [-0.2, -0.15) is 0 Å². The molecule has 3 rings (SSSR count). The summed E-state index contributed by atoms with van der Waals surface area (Å²) in [6.07, 6.45) is 0. The summed E-state index contributed by atoms with van der Waals surface area (Å²) in [5, 5.41) is 0.863. The van der Waals surface area contributed by atoms with Gasteiger partial charge in [-0.3, -0.25) is 4.31 Å². The average molecular weight is 434 g/mol. The number of sulfonamides is 1. The van der Waals surface area contributed by atoms with Crippen LogP contribution in [0, 0.1) is 20.8 Å². The van der Waals surface area contributed by atoms with E-state index in [1.807, 2.05) is 39.0 Å². The van der Waals surface area contributed by atoms with Gasteiger partial charge >= 0.3 is 0 Å². The molecule has 0 fully saturated rings. The minimum absolute atomic E-state index is 0.0393. The van der Waals surface area contributed by atoms with E-state index in [4.69, 9.17) is 23.2 Å². The Morgan fingerprint density at radius 3 is 1.86 bits per heavy atom. The maximum absolute atomic E-state index is 13.5. The molecule has 0 bridgehead atoms. The van der Waals surface area contributed by atoms with E-state index in [0.29, 0.717) is 21.3 Å². The molecule has 0 aromatic heterocycles. The minimum atomic E-state index is -3.82. The third kappa shape index (κ3) is 4.35. The van der Waals surface area contributed by atoms with Crippen molar-refractivity contribution in [3.8, 4) is 0 Å². The summed E-state index contributed by atoms with van der Waals surface area (Å²) in [4.78, 5) is 0.223. The highest BCUT2D eigenvalue weighted by Crippen LogP contribution is 2.32. The van der Waals surface area contributed by atoms with Crippen LogP contribution >= 0.6 is 23.2 Å². The Balaban J connectivity index is 2.18. The SMILES string of the molecule is Cc1ccc(S(=O)(=O)N(Cc2c(Cl)cccc2Cl)c2cc(C)cc(C)c2)cc1. The van der Waals surface area contributed by atoms with Gasteiger partial charge in [0.2, 0.25) is 0 Å². The molecule has 0 aliphatic heterocycles. The predicted octanol–water partition coefficient (Wildman–Crippen LogP) is 6.31. The molecular weight excluding hydrogens is 413 g/mol. The number of benzene rings is 3. The fourth-order valence-electron chi connectivity index (χ4n) is 3.07. The average Bonchev–Trinajstić information content (AvgIpc) is 2.60. The molecule has 3 aromatic carbocycles. The Labute approximate surface area is 176 Å². The molecule has 28 heavy (non-hydrogen) atoms. The molecule has 3 nitrogen and oxygen atoms in total. The van der Waals surface area contributed by atoms with Crippen molar-refractivity contribution in [2.24, 2.45) is 0 Å². The van der Waals surface area contributed by atoms with Crippen LogP contribution in [-0.2, 0) is 16.6 Å². The quantitative estimate of drug-likeness (QED) is 0.472. The molecule has 0 radical (unpaired) electrons. The molecule has 0 unspecified atom stereocenters. The first-order valence-electron chi connectivity index (χ1n) is 8.79. The van der Waals surface area contributed by atoms with E-state index in [1.54, 1.807) is 42.5 Å². The molecule has 0 aliphatic rings. The van der Waals surface area contributed by atoms with Crippen molar-refractivity contribution < 1.29 is 8.42 Å². The first kappa shape index (κ1) is 20.7. The summed E-state index contributed by atoms with van der Waals surface area (Å²) >= 11 is 12.7. The van der Waals surface area contributed by atoms with Crippen LogP contribution in [0.4, 0.5) is 5.69 Å². The summed E-state index contributed by atoms with van der Waals surface area (Å²) < 4.78 is 28.4. The molecule has 0 amide bonds. The van der Waals surface area contributed by atoms with Gasteiger partial charge in [-0.25, -0.2) is 8.42 Å². The molecule has 3 aromatic rings. The molecule has 0 spiro atoms. The Bertz CT molecular complexity index is 1070. The lowest BCUT2D eigenvalue weighted by atomic mass is 10.1. The predicted molar refractivity (Wildman–Crippen MR) is 117 cm³/mol. The van der Waals surface area contributed by atoms with Gasteiger partial charge < -0.3 is 0 Å². The number of halogens is 2. The summed E-state index contributed by atoms with van der Waals surface area (Å²) in [5.74, 6) is 0. The number of hydrogen-bond acceptors (Lipinski definition) is 2. The monoisotopic (exact) mass is 433 g/mol. The topological polar surface area (TPSA) is 37.4 Å². The van der Waals surface area contributed by atoms with Crippen LogP contribution in [0.3, 0.4) is 0 Å². The third-order valence-corrected chi connectivity index (χ3v) is 6.96. The highest BCUT2D eigenvalue weighted by atomic mass is 35.5. The fourth-order valence-corrected chi connectivity index (χ4v) is 5.01. The van der Waals surface area contributed by atoms with Crippen molar-refractivity contribution >= 4 is 38.9 Å². The second-order valence-electron chi connectivity index (χ2n) is 6.87. The van der Waals surface area contributed by atoms with E-state index in [9.17, 15) is 8.42 Å². The standard InChI is InChI=1S/C22H21Cl2NO2S/c1-15-7-9-19(10-8-15)28(26,27)25(18-12-16(2)11-17(3)13-18)14-20-21(23)5-4-6-22(20)24/h4-13H,14H2,1-3H3. The Morgan fingerprint density at radius 2 is 1.32 bits per heavy atom. The molecule has 0 atom stereocenters. The molecule has 146 valence electrons. The molecule has 0 saturated carbocycles. The molecule has 6 heteroatoms. The first-order valence-corrected chi connectivity index (χ1v) is 11.0. The van der Waals surface area contributed by atoms with E-state index in [-0.39, 0.29) is 11.4 Å². The van der Waals surface area contributed by atoms with Crippen molar-refractivity contribution in [3.63, 3.8) is 0 Å². The van der Waals surface area contributed by atoms with Crippen LogP contribution in [0.15, 0.2) is 65.6 Å². The van der Waals surface area contributed by atoms with Crippen molar-refractivity contribution in [3.05, 3.63) is 93.0 Å². The van der Waals surface area contributed by atoms with Gasteiger partial charge in [-0.05, 0) is 68.3 Å². The minimum Gasteiger partial charge on any atom is -0.262 e. The maximum atomic E-state index is 13.5. The zero-order valence-electron chi connectivity index (χ0n) is 15.9. The van der Waals surface area contributed by atoms with Crippen LogP contribution < -0.4 is 4.31 Å². The summed E-state index contributed by atoms with van der Waals surface area (Å²) in [5.41, 5.74) is 4.09.